The van der Waals surface area contributed by atoms with Gasteiger partial charge < -0.3 is 9.30 Å². The first-order chi connectivity index (χ1) is 9.19. The van der Waals surface area contributed by atoms with Crippen LogP contribution in [0.4, 0.5) is 0 Å². The molecule has 2 rings (SSSR count). The second-order valence-corrected chi connectivity index (χ2v) is 4.32. The monoisotopic (exact) mass is 277 g/mol. The number of halogens is 1. The third kappa shape index (κ3) is 2.69. The molecule has 19 heavy (non-hydrogen) atoms. The third-order valence-corrected chi connectivity index (χ3v) is 2.98. The summed E-state index contributed by atoms with van der Waals surface area (Å²) in [5.41, 5.74) is 2.00. The molecule has 0 saturated heterocycles. The number of carbonyl (C=O) groups is 1. The van der Waals surface area contributed by atoms with E-state index in [-0.39, 0.29) is 12.5 Å². The van der Waals surface area contributed by atoms with E-state index < -0.39 is 0 Å². The van der Waals surface area contributed by atoms with E-state index in [1.807, 2.05) is 0 Å². The molecule has 6 heteroatoms. The van der Waals surface area contributed by atoms with Crippen LogP contribution >= 0.6 is 11.6 Å². The van der Waals surface area contributed by atoms with Crippen LogP contribution in [-0.4, -0.2) is 28.5 Å². The number of methoxy groups -OCH3 is 1. The topological polar surface area (TPSA) is 67.9 Å². The second-order valence-electron chi connectivity index (χ2n) is 3.94. The van der Waals surface area contributed by atoms with Crippen molar-refractivity contribution in [1.29, 1.82) is 5.26 Å². The van der Waals surface area contributed by atoms with Gasteiger partial charge in [0.25, 0.3) is 0 Å². The third-order valence-electron chi connectivity index (χ3n) is 2.79. The number of aryl methyl sites for hydroxylation is 1. The summed E-state index contributed by atoms with van der Waals surface area (Å²) in [5.74, 6) is 0.762. The highest BCUT2D eigenvalue weighted by molar-refractivity contribution is 6.17. The summed E-state index contributed by atoms with van der Waals surface area (Å²) >= 11 is 5.74. The molecule has 2 aromatic rings. The zero-order valence-electron chi connectivity index (χ0n) is 10.4. The van der Waals surface area contributed by atoms with Gasteiger partial charge in [0.05, 0.1) is 29.8 Å². The number of hydrogen-bond acceptors (Lipinski definition) is 4. The summed E-state index contributed by atoms with van der Waals surface area (Å²) in [5, 5.41) is 8.93. The Morgan fingerprint density at radius 3 is 3.00 bits per heavy atom. The molecule has 0 unspecified atom stereocenters. The van der Waals surface area contributed by atoms with Crippen molar-refractivity contribution in [3.05, 3.63) is 29.6 Å². The zero-order valence-corrected chi connectivity index (χ0v) is 11.1. The molecule has 0 N–H and O–H groups in total. The summed E-state index contributed by atoms with van der Waals surface area (Å²) in [6.07, 6.45) is 0.551. The maximum Gasteiger partial charge on any atom is 0.325 e. The molecule has 0 amide bonds. The van der Waals surface area contributed by atoms with E-state index >= 15 is 0 Å². The van der Waals surface area contributed by atoms with Crippen LogP contribution in [-0.2, 0) is 22.5 Å². The van der Waals surface area contributed by atoms with Gasteiger partial charge in [0.2, 0.25) is 0 Å². The number of hydrogen-bond donors (Lipinski definition) is 0. The maximum absolute atomic E-state index is 11.5. The normalized spacial score (nSPS) is 10.4. The Morgan fingerprint density at radius 1 is 1.58 bits per heavy atom. The predicted molar refractivity (Wildman–Crippen MR) is 70.9 cm³/mol. The van der Waals surface area contributed by atoms with Crippen molar-refractivity contribution in [1.82, 2.24) is 9.55 Å². The van der Waals surface area contributed by atoms with Gasteiger partial charge in [-0.25, -0.2) is 4.98 Å². The molecule has 98 valence electrons. The number of nitrogens with zero attached hydrogens (tertiary/aromatic N) is 3. The van der Waals surface area contributed by atoms with Gasteiger partial charge in [-0.05, 0) is 18.2 Å². The Labute approximate surface area is 115 Å². The molecule has 0 fully saturated rings. The second kappa shape index (κ2) is 5.72. The van der Waals surface area contributed by atoms with Crippen molar-refractivity contribution in [2.45, 2.75) is 13.0 Å². The van der Waals surface area contributed by atoms with E-state index in [0.29, 0.717) is 23.7 Å². The van der Waals surface area contributed by atoms with Crippen molar-refractivity contribution in [2.24, 2.45) is 0 Å². The quantitative estimate of drug-likeness (QED) is 0.632. The van der Waals surface area contributed by atoms with Crippen LogP contribution in [0, 0.1) is 11.3 Å². The summed E-state index contributed by atoms with van der Waals surface area (Å²) < 4.78 is 6.42. The minimum atomic E-state index is -0.363. The van der Waals surface area contributed by atoms with E-state index in [0.717, 1.165) is 11.0 Å². The number of aromatic nitrogens is 2. The highest BCUT2D eigenvalue weighted by Crippen LogP contribution is 2.19. The van der Waals surface area contributed by atoms with Gasteiger partial charge in [0, 0.05) is 12.3 Å². The van der Waals surface area contributed by atoms with Crippen LogP contribution in [0.15, 0.2) is 18.2 Å². The van der Waals surface area contributed by atoms with Crippen molar-refractivity contribution in [3.63, 3.8) is 0 Å². The van der Waals surface area contributed by atoms with Gasteiger partial charge in [-0.15, -0.1) is 11.6 Å². The molecule has 0 saturated carbocycles. The van der Waals surface area contributed by atoms with Gasteiger partial charge in [-0.2, -0.15) is 5.26 Å². The fourth-order valence-electron chi connectivity index (χ4n) is 1.89. The fraction of sp³-hybridized carbons (Fsp3) is 0.308. The summed E-state index contributed by atoms with van der Waals surface area (Å²) in [4.78, 5) is 15.9. The maximum atomic E-state index is 11.5. The molecule has 1 heterocycles. The van der Waals surface area contributed by atoms with Crippen molar-refractivity contribution >= 4 is 28.6 Å². The SMILES string of the molecule is COC(=O)Cn1c(CCCl)nc2ccc(C#N)cc21. The van der Waals surface area contributed by atoms with Crippen LogP contribution in [0.25, 0.3) is 11.0 Å². The van der Waals surface area contributed by atoms with Gasteiger partial charge in [0.15, 0.2) is 0 Å². The van der Waals surface area contributed by atoms with E-state index in [1.54, 1.807) is 22.8 Å². The number of benzene rings is 1. The minimum Gasteiger partial charge on any atom is -0.468 e. The minimum absolute atomic E-state index is 0.0636. The van der Waals surface area contributed by atoms with Crippen LogP contribution in [0.3, 0.4) is 0 Å². The van der Waals surface area contributed by atoms with Gasteiger partial charge in [0.1, 0.15) is 12.4 Å². The number of rotatable bonds is 4. The first-order valence-electron chi connectivity index (χ1n) is 5.71. The Balaban J connectivity index is 2.56. The molecule has 0 spiro atoms. The van der Waals surface area contributed by atoms with Crippen molar-refractivity contribution < 1.29 is 9.53 Å². The van der Waals surface area contributed by atoms with Crippen LogP contribution < -0.4 is 0 Å². The molecule has 0 aliphatic carbocycles. The van der Waals surface area contributed by atoms with E-state index in [4.69, 9.17) is 16.9 Å². The molecule has 0 radical (unpaired) electrons. The van der Waals surface area contributed by atoms with Gasteiger partial charge in [-0.3, -0.25) is 4.79 Å². The lowest BCUT2D eigenvalue weighted by Crippen LogP contribution is -2.14. The Bertz CT molecular complexity index is 658. The largest absolute Gasteiger partial charge is 0.468 e. The molecule has 1 aromatic carbocycles. The average Bonchev–Trinajstić information content (AvgIpc) is 2.76. The van der Waals surface area contributed by atoms with Crippen LogP contribution in [0.2, 0.25) is 0 Å². The van der Waals surface area contributed by atoms with E-state index in [1.165, 1.54) is 7.11 Å². The number of ether oxygens (including phenoxy) is 1. The molecule has 0 aliphatic rings. The lowest BCUT2D eigenvalue weighted by molar-refractivity contribution is -0.141. The lowest BCUT2D eigenvalue weighted by atomic mass is 10.2. The number of alkyl halides is 1. The molecule has 0 aliphatic heterocycles. The average molecular weight is 278 g/mol. The lowest BCUT2D eigenvalue weighted by Gasteiger charge is -2.06. The molecule has 0 bridgehead atoms. The number of esters is 1. The molecular formula is C13H12ClN3O2. The fourth-order valence-corrected chi connectivity index (χ4v) is 2.06. The van der Waals surface area contributed by atoms with E-state index in [9.17, 15) is 4.79 Å². The number of nitriles is 1. The number of fused-ring (bicyclic) bond motifs is 1. The summed E-state index contributed by atoms with van der Waals surface area (Å²) in [7, 11) is 1.34. The summed E-state index contributed by atoms with van der Waals surface area (Å²) in [6.45, 7) is 0.0636. The Morgan fingerprint density at radius 2 is 2.37 bits per heavy atom. The first-order valence-corrected chi connectivity index (χ1v) is 6.25. The van der Waals surface area contributed by atoms with E-state index in [2.05, 4.69) is 15.8 Å². The smallest absolute Gasteiger partial charge is 0.325 e. The first kappa shape index (κ1) is 13.4. The molecule has 0 atom stereocenters. The van der Waals surface area contributed by atoms with Crippen LogP contribution in [0.1, 0.15) is 11.4 Å². The zero-order chi connectivity index (χ0) is 13.8. The predicted octanol–water partition coefficient (Wildman–Crippen LogP) is 1.86. The molecular weight excluding hydrogens is 266 g/mol. The molecule has 1 aromatic heterocycles. The Hall–Kier alpha value is -2.06. The molecule has 5 nitrogen and oxygen atoms in total. The Kier molecular flexibility index (Phi) is 4.03. The van der Waals surface area contributed by atoms with Crippen molar-refractivity contribution in [3.8, 4) is 6.07 Å². The van der Waals surface area contributed by atoms with Gasteiger partial charge in [-0.1, -0.05) is 0 Å². The highest BCUT2D eigenvalue weighted by atomic mass is 35.5. The number of imidazole rings is 1. The van der Waals surface area contributed by atoms with Crippen molar-refractivity contribution in [2.75, 3.05) is 13.0 Å². The highest BCUT2D eigenvalue weighted by Gasteiger charge is 2.14. The van der Waals surface area contributed by atoms with Crippen LogP contribution in [0.5, 0.6) is 0 Å². The van der Waals surface area contributed by atoms with Gasteiger partial charge >= 0.3 is 5.97 Å². The summed E-state index contributed by atoms with van der Waals surface area (Å²) in [6, 6.07) is 7.24. The number of carbonyl (C=O) groups excluding carboxylic acids is 1. The standard InChI is InChI=1S/C13H12ClN3O2/c1-19-13(18)8-17-11-6-9(7-15)2-3-10(11)16-12(17)4-5-14/h2-3,6H,4-5,8H2,1H3.